The minimum Gasteiger partial charge on any atom is -0.374 e. The SMILES string of the molecule is CC(N)C1CN2CCCC2CO1. The zero-order chi connectivity index (χ0) is 8.55. The summed E-state index contributed by atoms with van der Waals surface area (Å²) in [7, 11) is 0. The lowest BCUT2D eigenvalue weighted by Gasteiger charge is -2.36. The smallest absolute Gasteiger partial charge is 0.0850 e. The first-order chi connectivity index (χ1) is 5.77. The molecule has 0 radical (unpaired) electrons. The summed E-state index contributed by atoms with van der Waals surface area (Å²) < 4.78 is 5.69. The van der Waals surface area contributed by atoms with E-state index in [-0.39, 0.29) is 12.1 Å². The van der Waals surface area contributed by atoms with Gasteiger partial charge in [-0.1, -0.05) is 0 Å². The number of fused-ring (bicyclic) bond motifs is 1. The Bertz CT molecular complexity index is 161. The van der Waals surface area contributed by atoms with Crippen LogP contribution in [0.4, 0.5) is 0 Å². The lowest BCUT2D eigenvalue weighted by atomic mass is 10.1. The third kappa shape index (κ3) is 1.49. The molecule has 2 N–H and O–H groups in total. The number of nitrogens with zero attached hydrogens (tertiary/aromatic N) is 1. The third-order valence-electron chi connectivity index (χ3n) is 3.00. The van der Waals surface area contributed by atoms with Gasteiger partial charge in [-0.3, -0.25) is 4.90 Å². The number of ether oxygens (including phenoxy) is 1. The van der Waals surface area contributed by atoms with E-state index in [9.17, 15) is 0 Å². The second-order valence-electron chi connectivity index (χ2n) is 4.02. The largest absolute Gasteiger partial charge is 0.374 e. The predicted octanol–water partition coefficient (Wildman–Crippen LogP) is 0.197. The van der Waals surface area contributed by atoms with E-state index < -0.39 is 0 Å². The highest BCUT2D eigenvalue weighted by molar-refractivity contribution is 4.87. The van der Waals surface area contributed by atoms with Crippen LogP contribution in [0.2, 0.25) is 0 Å². The minimum atomic E-state index is 0.173. The van der Waals surface area contributed by atoms with Crippen molar-refractivity contribution in [3.8, 4) is 0 Å². The Morgan fingerprint density at radius 1 is 1.58 bits per heavy atom. The molecule has 0 aliphatic carbocycles. The molecule has 3 nitrogen and oxygen atoms in total. The van der Waals surface area contributed by atoms with Gasteiger partial charge in [0.1, 0.15) is 0 Å². The van der Waals surface area contributed by atoms with Crippen molar-refractivity contribution >= 4 is 0 Å². The van der Waals surface area contributed by atoms with Crippen molar-refractivity contribution in [1.82, 2.24) is 4.90 Å². The number of morpholine rings is 1. The van der Waals surface area contributed by atoms with Crippen molar-refractivity contribution in [2.45, 2.75) is 38.0 Å². The standard InChI is InChI=1S/C9H18N2O/c1-7(10)9-5-11-4-2-3-8(11)6-12-9/h7-9H,2-6,10H2,1H3. The molecule has 0 spiro atoms. The van der Waals surface area contributed by atoms with Gasteiger partial charge in [0.05, 0.1) is 12.7 Å². The molecule has 2 aliphatic heterocycles. The fourth-order valence-corrected chi connectivity index (χ4v) is 2.16. The fraction of sp³-hybridized carbons (Fsp3) is 1.00. The van der Waals surface area contributed by atoms with Gasteiger partial charge >= 0.3 is 0 Å². The second kappa shape index (κ2) is 3.32. The Morgan fingerprint density at radius 2 is 2.42 bits per heavy atom. The maximum atomic E-state index is 5.80. The van der Waals surface area contributed by atoms with Crippen LogP contribution < -0.4 is 5.73 Å². The van der Waals surface area contributed by atoms with E-state index in [1.807, 2.05) is 6.92 Å². The fourth-order valence-electron chi connectivity index (χ4n) is 2.16. The van der Waals surface area contributed by atoms with E-state index in [0.29, 0.717) is 6.04 Å². The van der Waals surface area contributed by atoms with E-state index in [1.54, 1.807) is 0 Å². The Kier molecular flexibility index (Phi) is 2.35. The van der Waals surface area contributed by atoms with Crippen LogP contribution in [0.25, 0.3) is 0 Å². The highest BCUT2D eigenvalue weighted by Crippen LogP contribution is 2.23. The molecule has 3 unspecified atom stereocenters. The first-order valence-corrected chi connectivity index (χ1v) is 4.88. The lowest BCUT2D eigenvalue weighted by Crippen LogP contribution is -2.51. The zero-order valence-corrected chi connectivity index (χ0v) is 7.70. The van der Waals surface area contributed by atoms with Gasteiger partial charge in [-0.15, -0.1) is 0 Å². The Labute approximate surface area is 73.9 Å². The van der Waals surface area contributed by atoms with Gasteiger partial charge in [-0.25, -0.2) is 0 Å². The summed E-state index contributed by atoms with van der Waals surface area (Å²) in [5.74, 6) is 0. The van der Waals surface area contributed by atoms with E-state index >= 15 is 0 Å². The second-order valence-corrected chi connectivity index (χ2v) is 4.02. The molecule has 70 valence electrons. The molecule has 2 rings (SSSR count). The molecule has 0 aromatic heterocycles. The van der Waals surface area contributed by atoms with Crippen LogP contribution in [0.15, 0.2) is 0 Å². The van der Waals surface area contributed by atoms with Gasteiger partial charge in [0.2, 0.25) is 0 Å². The molecule has 0 saturated carbocycles. The van der Waals surface area contributed by atoms with Crippen LogP contribution in [-0.4, -0.2) is 42.8 Å². The van der Waals surface area contributed by atoms with Gasteiger partial charge in [0.15, 0.2) is 0 Å². The van der Waals surface area contributed by atoms with Gasteiger partial charge in [0.25, 0.3) is 0 Å². The van der Waals surface area contributed by atoms with Crippen LogP contribution in [0.5, 0.6) is 0 Å². The van der Waals surface area contributed by atoms with E-state index in [0.717, 1.165) is 13.2 Å². The van der Waals surface area contributed by atoms with Gasteiger partial charge in [-0.2, -0.15) is 0 Å². The van der Waals surface area contributed by atoms with Gasteiger partial charge in [0, 0.05) is 18.6 Å². The highest BCUT2D eigenvalue weighted by Gasteiger charge is 2.33. The van der Waals surface area contributed by atoms with Crippen LogP contribution >= 0.6 is 0 Å². The van der Waals surface area contributed by atoms with E-state index in [1.165, 1.54) is 19.4 Å². The van der Waals surface area contributed by atoms with E-state index in [2.05, 4.69) is 4.90 Å². The molecular formula is C9H18N2O. The summed E-state index contributed by atoms with van der Waals surface area (Å²) in [6.07, 6.45) is 2.91. The lowest BCUT2D eigenvalue weighted by molar-refractivity contribution is -0.0566. The summed E-state index contributed by atoms with van der Waals surface area (Å²) in [6.45, 7) is 5.22. The first kappa shape index (κ1) is 8.48. The topological polar surface area (TPSA) is 38.5 Å². The van der Waals surface area contributed by atoms with E-state index in [4.69, 9.17) is 10.5 Å². The summed E-state index contributed by atoms with van der Waals surface area (Å²) in [5.41, 5.74) is 5.80. The van der Waals surface area contributed by atoms with Crippen molar-refractivity contribution in [2.24, 2.45) is 5.73 Å². The van der Waals surface area contributed by atoms with Gasteiger partial charge < -0.3 is 10.5 Å². The first-order valence-electron chi connectivity index (χ1n) is 4.88. The molecule has 3 heteroatoms. The van der Waals surface area contributed by atoms with Crippen LogP contribution in [0.3, 0.4) is 0 Å². The molecule has 2 saturated heterocycles. The molecule has 0 amide bonds. The molecule has 2 heterocycles. The van der Waals surface area contributed by atoms with Crippen LogP contribution in [-0.2, 0) is 4.74 Å². The zero-order valence-electron chi connectivity index (χ0n) is 7.70. The van der Waals surface area contributed by atoms with Crippen molar-refractivity contribution in [3.05, 3.63) is 0 Å². The summed E-state index contributed by atoms with van der Waals surface area (Å²) in [4.78, 5) is 2.53. The van der Waals surface area contributed by atoms with Crippen molar-refractivity contribution < 1.29 is 4.74 Å². The maximum absolute atomic E-state index is 5.80. The highest BCUT2D eigenvalue weighted by atomic mass is 16.5. The average Bonchev–Trinajstić information content (AvgIpc) is 2.49. The number of rotatable bonds is 1. The monoisotopic (exact) mass is 170 g/mol. The summed E-state index contributed by atoms with van der Waals surface area (Å²) in [6, 6.07) is 0.867. The third-order valence-corrected chi connectivity index (χ3v) is 3.00. The normalized spacial score (nSPS) is 39.5. The molecule has 0 bridgehead atoms. The maximum Gasteiger partial charge on any atom is 0.0850 e. The molecule has 2 aliphatic rings. The predicted molar refractivity (Wildman–Crippen MR) is 48.0 cm³/mol. The average molecular weight is 170 g/mol. The molecule has 12 heavy (non-hydrogen) atoms. The summed E-state index contributed by atoms with van der Waals surface area (Å²) >= 11 is 0. The van der Waals surface area contributed by atoms with Crippen molar-refractivity contribution in [2.75, 3.05) is 19.7 Å². The number of nitrogens with two attached hydrogens (primary N) is 1. The molecule has 0 aromatic rings. The molecular weight excluding hydrogens is 152 g/mol. The van der Waals surface area contributed by atoms with Crippen molar-refractivity contribution in [1.29, 1.82) is 0 Å². The van der Waals surface area contributed by atoms with Crippen molar-refractivity contribution in [3.63, 3.8) is 0 Å². The number of hydrogen-bond donors (Lipinski definition) is 1. The quantitative estimate of drug-likeness (QED) is 0.611. The minimum absolute atomic E-state index is 0.173. The number of hydrogen-bond acceptors (Lipinski definition) is 3. The molecule has 3 atom stereocenters. The van der Waals surface area contributed by atoms with Gasteiger partial charge in [-0.05, 0) is 26.3 Å². The Balaban J connectivity index is 1.92. The summed E-state index contributed by atoms with van der Waals surface area (Å²) in [5, 5.41) is 0. The molecule has 0 aromatic carbocycles. The van der Waals surface area contributed by atoms with Crippen LogP contribution in [0, 0.1) is 0 Å². The molecule has 2 fully saturated rings. The van der Waals surface area contributed by atoms with Crippen LogP contribution in [0.1, 0.15) is 19.8 Å². The Morgan fingerprint density at radius 3 is 3.17 bits per heavy atom. The Hall–Kier alpha value is -0.120.